The Morgan fingerprint density at radius 2 is 0.961 bits per heavy atom. The summed E-state index contributed by atoms with van der Waals surface area (Å²) in [5, 5.41) is 0.0209. The lowest BCUT2D eigenvalue weighted by Crippen LogP contribution is -2.05. The molecule has 3 heterocycles. The van der Waals surface area contributed by atoms with E-state index in [0.29, 0.717) is 34.2 Å². The third-order valence-electron chi connectivity index (χ3n) is 8.56. The summed E-state index contributed by atoms with van der Waals surface area (Å²) in [7, 11) is 0. The number of nitrogens with zero attached hydrogens (tertiary/aromatic N) is 5. The molecule has 51 heavy (non-hydrogen) atoms. The SMILES string of the molecule is FC(F)(F)c1ccc2c(c1)c1cc(C(F)(F)F)ccc1n2-c1ccc(-c2ccccn2)cc1-c1nc(-c2ccccc2)nc(-c2ccccc2)n1. The molecule has 0 N–H and O–H groups in total. The van der Waals surface area contributed by atoms with Crippen molar-refractivity contribution in [3.63, 3.8) is 0 Å². The van der Waals surface area contributed by atoms with E-state index in [2.05, 4.69) is 4.98 Å². The second kappa shape index (κ2) is 12.2. The predicted molar refractivity (Wildman–Crippen MR) is 184 cm³/mol. The quantitative estimate of drug-likeness (QED) is 0.169. The van der Waals surface area contributed by atoms with Crippen LogP contribution in [0.25, 0.3) is 72.9 Å². The molecule has 0 saturated heterocycles. The van der Waals surface area contributed by atoms with Crippen molar-refractivity contribution < 1.29 is 26.3 Å². The second-order valence-corrected chi connectivity index (χ2v) is 11.8. The highest BCUT2D eigenvalue weighted by Gasteiger charge is 2.33. The number of halogens is 6. The maximum Gasteiger partial charge on any atom is 0.416 e. The van der Waals surface area contributed by atoms with Gasteiger partial charge in [-0.2, -0.15) is 26.3 Å². The monoisotopic (exact) mass is 687 g/mol. The molecule has 5 aromatic carbocycles. The molecular weight excluding hydrogens is 664 g/mol. The van der Waals surface area contributed by atoms with E-state index in [1.54, 1.807) is 29.0 Å². The minimum atomic E-state index is -4.72. The van der Waals surface area contributed by atoms with Crippen LogP contribution < -0.4 is 0 Å². The van der Waals surface area contributed by atoms with Crippen LogP contribution >= 0.6 is 0 Å². The smallest absolute Gasteiger partial charge is 0.309 e. The highest BCUT2D eigenvalue weighted by atomic mass is 19.4. The average Bonchev–Trinajstić information content (AvgIpc) is 3.48. The predicted octanol–water partition coefficient (Wildman–Crippen LogP) is 11.1. The zero-order chi connectivity index (χ0) is 35.3. The van der Waals surface area contributed by atoms with Crippen LogP contribution in [0.1, 0.15) is 11.1 Å². The van der Waals surface area contributed by atoms with Gasteiger partial charge in [0.2, 0.25) is 0 Å². The lowest BCUT2D eigenvalue weighted by Gasteiger charge is -2.16. The molecule has 0 aliphatic carbocycles. The van der Waals surface area contributed by atoms with E-state index >= 15 is 0 Å². The maximum atomic E-state index is 13.9. The van der Waals surface area contributed by atoms with Gasteiger partial charge < -0.3 is 4.57 Å². The van der Waals surface area contributed by atoms with Crippen molar-refractivity contribution in [1.29, 1.82) is 0 Å². The van der Waals surface area contributed by atoms with E-state index in [0.717, 1.165) is 35.4 Å². The van der Waals surface area contributed by atoms with Gasteiger partial charge >= 0.3 is 12.4 Å². The van der Waals surface area contributed by atoms with Gasteiger partial charge in [0.25, 0.3) is 0 Å². The maximum absolute atomic E-state index is 13.9. The van der Waals surface area contributed by atoms with Gasteiger partial charge in [0.1, 0.15) is 0 Å². The highest BCUT2D eigenvalue weighted by molar-refractivity contribution is 6.10. The summed E-state index contributed by atoms with van der Waals surface area (Å²) >= 11 is 0. The van der Waals surface area contributed by atoms with Crippen LogP contribution in [-0.4, -0.2) is 24.5 Å². The number of alkyl halides is 6. The van der Waals surface area contributed by atoms with E-state index in [1.165, 1.54) is 12.1 Å². The third kappa shape index (κ3) is 5.96. The number of hydrogen-bond acceptors (Lipinski definition) is 4. The largest absolute Gasteiger partial charge is 0.416 e. The van der Waals surface area contributed by atoms with Gasteiger partial charge in [-0.3, -0.25) is 4.98 Å². The van der Waals surface area contributed by atoms with Crippen LogP contribution in [0.2, 0.25) is 0 Å². The molecule has 0 bridgehead atoms. The summed E-state index contributed by atoms with van der Waals surface area (Å²) in [5.74, 6) is 0.991. The molecule has 0 radical (unpaired) electrons. The first-order valence-electron chi connectivity index (χ1n) is 15.7. The molecular formula is C40H23F6N5. The van der Waals surface area contributed by atoms with Gasteiger partial charge in [0.15, 0.2) is 17.5 Å². The summed E-state index contributed by atoms with van der Waals surface area (Å²) in [6.45, 7) is 0. The zero-order valence-electron chi connectivity index (χ0n) is 26.3. The van der Waals surface area contributed by atoms with Crippen molar-refractivity contribution in [3.05, 3.63) is 151 Å². The molecule has 0 unspecified atom stereocenters. The molecule has 0 spiro atoms. The summed E-state index contributed by atoms with van der Waals surface area (Å²) in [6.07, 6.45) is -7.78. The van der Waals surface area contributed by atoms with E-state index in [1.807, 2.05) is 78.9 Å². The van der Waals surface area contributed by atoms with Gasteiger partial charge in [0, 0.05) is 39.2 Å². The van der Waals surface area contributed by atoms with E-state index in [-0.39, 0.29) is 27.6 Å². The number of pyridine rings is 1. The number of rotatable bonds is 5. The molecule has 0 atom stereocenters. The van der Waals surface area contributed by atoms with E-state index < -0.39 is 23.5 Å². The Hall–Kier alpha value is -6.36. The molecule has 0 aliphatic rings. The van der Waals surface area contributed by atoms with Crippen molar-refractivity contribution in [3.8, 4) is 51.1 Å². The Morgan fingerprint density at radius 3 is 1.45 bits per heavy atom. The van der Waals surface area contributed by atoms with Gasteiger partial charge in [-0.1, -0.05) is 72.8 Å². The Morgan fingerprint density at radius 1 is 0.451 bits per heavy atom. The molecule has 0 saturated carbocycles. The van der Waals surface area contributed by atoms with Crippen molar-refractivity contribution in [2.24, 2.45) is 0 Å². The Bertz CT molecular complexity index is 2420. The van der Waals surface area contributed by atoms with Gasteiger partial charge in [-0.15, -0.1) is 0 Å². The molecule has 5 nitrogen and oxygen atoms in total. The summed E-state index contributed by atoms with van der Waals surface area (Å²) in [4.78, 5) is 19.1. The van der Waals surface area contributed by atoms with Crippen molar-refractivity contribution >= 4 is 21.8 Å². The first kappa shape index (κ1) is 31.9. The minimum Gasteiger partial charge on any atom is -0.309 e. The average molecular weight is 688 g/mol. The summed E-state index contributed by atoms with van der Waals surface area (Å²) in [6, 6.07) is 35.6. The van der Waals surface area contributed by atoms with E-state index in [9.17, 15) is 26.3 Å². The lowest BCUT2D eigenvalue weighted by molar-refractivity contribution is -0.138. The Balaban J connectivity index is 1.46. The Kier molecular flexibility index (Phi) is 7.63. The molecule has 0 aliphatic heterocycles. The van der Waals surface area contributed by atoms with Crippen molar-refractivity contribution in [2.45, 2.75) is 12.4 Å². The van der Waals surface area contributed by atoms with Crippen molar-refractivity contribution in [2.75, 3.05) is 0 Å². The molecule has 250 valence electrons. The fourth-order valence-corrected chi connectivity index (χ4v) is 6.17. The van der Waals surface area contributed by atoms with Crippen LogP contribution in [0, 0.1) is 0 Å². The Labute approximate surface area is 286 Å². The van der Waals surface area contributed by atoms with Crippen LogP contribution in [0.15, 0.2) is 140 Å². The normalized spacial score (nSPS) is 12.1. The molecule has 8 rings (SSSR count). The molecule has 0 fully saturated rings. The van der Waals surface area contributed by atoms with Gasteiger partial charge in [0.05, 0.1) is 33.5 Å². The van der Waals surface area contributed by atoms with Gasteiger partial charge in [-0.25, -0.2) is 15.0 Å². The van der Waals surface area contributed by atoms with Gasteiger partial charge in [-0.05, 0) is 60.7 Å². The van der Waals surface area contributed by atoms with E-state index in [4.69, 9.17) is 15.0 Å². The summed E-state index contributed by atoms with van der Waals surface area (Å²) < 4.78 is 85.3. The molecule has 3 aromatic heterocycles. The summed E-state index contributed by atoms with van der Waals surface area (Å²) in [5.41, 5.74) is 2.23. The zero-order valence-corrected chi connectivity index (χ0v) is 26.3. The number of aromatic nitrogens is 5. The first-order chi connectivity index (χ1) is 24.5. The third-order valence-corrected chi connectivity index (χ3v) is 8.56. The second-order valence-electron chi connectivity index (χ2n) is 11.8. The fraction of sp³-hybridized carbons (Fsp3) is 0.0500. The highest BCUT2D eigenvalue weighted by Crippen LogP contribution is 2.42. The molecule has 11 heteroatoms. The van der Waals surface area contributed by atoms with Crippen LogP contribution in [0.4, 0.5) is 26.3 Å². The number of hydrogen-bond donors (Lipinski definition) is 0. The van der Waals surface area contributed by atoms with Crippen LogP contribution in [0.5, 0.6) is 0 Å². The van der Waals surface area contributed by atoms with Crippen LogP contribution in [-0.2, 0) is 12.4 Å². The standard InChI is InChI=1S/C40H23F6N5/c41-39(42,43)27-15-18-33-29(22-27)30-23-28(40(44,45)46)16-19-34(30)51(33)35-17-14-26(32-13-7-8-20-47-32)21-31(35)38-49-36(24-9-3-1-4-10-24)48-37(50-38)25-11-5-2-6-12-25/h1-23H. The fourth-order valence-electron chi connectivity index (χ4n) is 6.17. The minimum absolute atomic E-state index is 0.0104. The van der Waals surface area contributed by atoms with Crippen molar-refractivity contribution in [1.82, 2.24) is 24.5 Å². The molecule has 8 aromatic rings. The number of benzene rings is 5. The topological polar surface area (TPSA) is 56.5 Å². The molecule has 0 amide bonds. The lowest BCUT2D eigenvalue weighted by atomic mass is 10.0. The van der Waals surface area contributed by atoms with Crippen LogP contribution in [0.3, 0.4) is 0 Å². The number of fused-ring (bicyclic) bond motifs is 3. The first-order valence-corrected chi connectivity index (χ1v) is 15.7.